The van der Waals surface area contributed by atoms with Crippen LogP contribution < -0.4 is 5.32 Å². The first-order valence-corrected chi connectivity index (χ1v) is 8.18. The third kappa shape index (κ3) is 5.70. The van der Waals surface area contributed by atoms with E-state index in [0.29, 0.717) is 23.8 Å². The van der Waals surface area contributed by atoms with Gasteiger partial charge in [0, 0.05) is 37.1 Å². The molecule has 0 atom stereocenters. The number of anilines is 1. The maximum Gasteiger partial charge on any atom is 0.226 e. The number of benzene rings is 2. The zero-order valence-corrected chi connectivity index (χ0v) is 14.6. The van der Waals surface area contributed by atoms with E-state index in [-0.39, 0.29) is 18.2 Å². The van der Waals surface area contributed by atoms with Crippen molar-refractivity contribution in [2.45, 2.75) is 26.8 Å². The van der Waals surface area contributed by atoms with Crippen molar-refractivity contribution in [2.24, 2.45) is 0 Å². The molecule has 0 aliphatic rings. The number of carbonyl (C=O) groups excluding carboxylic acids is 2. The van der Waals surface area contributed by atoms with Gasteiger partial charge in [-0.25, -0.2) is 0 Å². The van der Waals surface area contributed by atoms with Crippen molar-refractivity contribution in [3.8, 4) is 0 Å². The van der Waals surface area contributed by atoms with Crippen LogP contribution in [0.15, 0.2) is 48.5 Å². The van der Waals surface area contributed by atoms with Crippen molar-refractivity contribution in [3.63, 3.8) is 0 Å². The molecule has 5 heteroatoms. The van der Waals surface area contributed by atoms with Gasteiger partial charge in [-0.2, -0.15) is 0 Å². The molecule has 2 rings (SSSR count). The van der Waals surface area contributed by atoms with E-state index >= 15 is 0 Å². The van der Waals surface area contributed by atoms with Crippen molar-refractivity contribution < 1.29 is 9.59 Å². The first-order chi connectivity index (χ1) is 11.4. The molecule has 1 N–H and O–H groups in total. The monoisotopic (exact) mass is 344 g/mol. The number of carbonyl (C=O) groups is 2. The first-order valence-electron chi connectivity index (χ1n) is 7.80. The van der Waals surface area contributed by atoms with E-state index in [4.69, 9.17) is 11.6 Å². The van der Waals surface area contributed by atoms with Gasteiger partial charge in [-0.05, 0) is 30.7 Å². The van der Waals surface area contributed by atoms with Crippen LogP contribution >= 0.6 is 11.6 Å². The zero-order valence-electron chi connectivity index (χ0n) is 13.9. The van der Waals surface area contributed by atoms with Gasteiger partial charge in [-0.15, -0.1) is 0 Å². The Morgan fingerprint density at radius 3 is 2.54 bits per heavy atom. The van der Waals surface area contributed by atoms with Crippen molar-refractivity contribution in [1.82, 2.24) is 4.90 Å². The average Bonchev–Trinajstić information content (AvgIpc) is 2.51. The quantitative estimate of drug-likeness (QED) is 0.860. The Balaban J connectivity index is 1.91. The van der Waals surface area contributed by atoms with E-state index < -0.39 is 0 Å². The van der Waals surface area contributed by atoms with E-state index in [9.17, 15) is 9.59 Å². The average molecular weight is 345 g/mol. The third-order valence-electron chi connectivity index (χ3n) is 3.62. The molecule has 2 amide bonds. The van der Waals surface area contributed by atoms with Crippen LogP contribution in [0.4, 0.5) is 5.69 Å². The molecule has 0 unspecified atom stereocenters. The van der Waals surface area contributed by atoms with E-state index in [2.05, 4.69) is 5.32 Å². The Kier molecular flexibility index (Phi) is 6.38. The van der Waals surface area contributed by atoms with Gasteiger partial charge in [0.15, 0.2) is 0 Å². The van der Waals surface area contributed by atoms with E-state index in [1.165, 1.54) is 6.92 Å². The summed E-state index contributed by atoms with van der Waals surface area (Å²) in [5.41, 5.74) is 2.86. The zero-order chi connectivity index (χ0) is 17.5. The second-order valence-corrected chi connectivity index (χ2v) is 6.17. The summed E-state index contributed by atoms with van der Waals surface area (Å²) < 4.78 is 0. The fourth-order valence-corrected chi connectivity index (χ4v) is 2.60. The highest BCUT2D eigenvalue weighted by molar-refractivity contribution is 6.30. The number of halogens is 1. The minimum atomic E-state index is -0.146. The lowest BCUT2D eigenvalue weighted by Crippen LogP contribution is -2.31. The molecular formula is C19H21ClN2O2. The molecule has 0 spiro atoms. The SMILES string of the molecule is CC(=O)N(CCC(=O)Nc1cccc(Cl)c1)Cc1cccc(C)c1. The number of aryl methyl sites for hydroxylation is 1. The molecule has 0 aromatic heterocycles. The molecule has 0 radical (unpaired) electrons. The van der Waals surface area contributed by atoms with Gasteiger partial charge < -0.3 is 10.2 Å². The topological polar surface area (TPSA) is 49.4 Å². The molecule has 126 valence electrons. The number of rotatable bonds is 6. The molecule has 0 aliphatic heterocycles. The van der Waals surface area contributed by atoms with Crippen molar-refractivity contribution in [2.75, 3.05) is 11.9 Å². The van der Waals surface area contributed by atoms with Crippen LogP contribution in [-0.4, -0.2) is 23.3 Å². The normalized spacial score (nSPS) is 10.3. The van der Waals surface area contributed by atoms with E-state index in [1.54, 1.807) is 29.2 Å². The molecule has 24 heavy (non-hydrogen) atoms. The van der Waals surface area contributed by atoms with Gasteiger partial charge >= 0.3 is 0 Å². The predicted molar refractivity (Wildman–Crippen MR) is 97.0 cm³/mol. The van der Waals surface area contributed by atoms with Crippen molar-refractivity contribution in [1.29, 1.82) is 0 Å². The fourth-order valence-electron chi connectivity index (χ4n) is 2.40. The largest absolute Gasteiger partial charge is 0.338 e. The summed E-state index contributed by atoms with van der Waals surface area (Å²) in [6.07, 6.45) is 0.234. The molecule has 0 aliphatic carbocycles. The van der Waals surface area contributed by atoms with Gasteiger partial charge in [0.1, 0.15) is 0 Å². The van der Waals surface area contributed by atoms with E-state index in [1.807, 2.05) is 31.2 Å². The second-order valence-electron chi connectivity index (χ2n) is 5.74. The highest BCUT2D eigenvalue weighted by Gasteiger charge is 2.12. The third-order valence-corrected chi connectivity index (χ3v) is 3.85. The van der Waals surface area contributed by atoms with Crippen molar-refractivity contribution in [3.05, 3.63) is 64.7 Å². The minimum Gasteiger partial charge on any atom is -0.338 e. The Morgan fingerprint density at radius 2 is 1.88 bits per heavy atom. The molecule has 4 nitrogen and oxygen atoms in total. The predicted octanol–water partition coefficient (Wildman–Crippen LogP) is 4.03. The van der Waals surface area contributed by atoms with Crippen LogP contribution in [0.1, 0.15) is 24.5 Å². The number of amides is 2. The molecular weight excluding hydrogens is 324 g/mol. The number of nitrogens with one attached hydrogen (secondary N) is 1. The van der Waals surface area contributed by atoms with Gasteiger partial charge in [-0.1, -0.05) is 47.5 Å². The summed E-state index contributed by atoms with van der Waals surface area (Å²) in [5, 5.41) is 3.36. The van der Waals surface area contributed by atoms with Gasteiger partial charge in [0.25, 0.3) is 0 Å². The first kappa shape index (κ1) is 18.0. The Bertz CT molecular complexity index is 731. The smallest absolute Gasteiger partial charge is 0.226 e. The molecule has 0 fully saturated rings. The number of hydrogen-bond acceptors (Lipinski definition) is 2. The van der Waals surface area contributed by atoms with Crippen molar-refractivity contribution >= 4 is 29.1 Å². The summed E-state index contributed by atoms with van der Waals surface area (Å²) in [7, 11) is 0. The Labute approximate surface area is 147 Å². The highest BCUT2D eigenvalue weighted by Crippen LogP contribution is 2.15. The van der Waals surface area contributed by atoms with Crippen LogP contribution in [0.5, 0.6) is 0 Å². The van der Waals surface area contributed by atoms with E-state index in [0.717, 1.165) is 11.1 Å². The summed E-state index contributed by atoms with van der Waals surface area (Å²) in [6, 6.07) is 15.0. The minimum absolute atomic E-state index is 0.0490. The summed E-state index contributed by atoms with van der Waals surface area (Å²) in [4.78, 5) is 25.6. The van der Waals surface area contributed by atoms with Crippen LogP contribution in [0.2, 0.25) is 5.02 Å². The number of hydrogen-bond donors (Lipinski definition) is 1. The van der Waals surface area contributed by atoms with Crippen LogP contribution in [-0.2, 0) is 16.1 Å². The summed E-state index contributed by atoms with van der Waals surface area (Å²) >= 11 is 5.90. The molecule has 0 saturated heterocycles. The highest BCUT2D eigenvalue weighted by atomic mass is 35.5. The molecule has 2 aromatic carbocycles. The lowest BCUT2D eigenvalue weighted by atomic mass is 10.1. The Morgan fingerprint density at radius 1 is 1.12 bits per heavy atom. The van der Waals surface area contributed by atoms with Gasteiger partial charge in [-0.3, -0.25) is 9.59 Å². The fraction of sp³-hybridized carbons (Fsp3) is 0.263. The maximum absolute atomic E-state index is 12.1. The lowest BCUT2D eigenvalue weighted by molar-refractivity contribution is -0.129. The summed E-state index contributed by atoms with van der Waals surface area (Å²) in [5.74, 6) is -0.195. The molecule has 0 bridgehead atoms. The second kappa shape index (κ2) is 8.50. The van der Waals surface area contributed by atoms with Crippen LogP contribution in [0.25, 0.3) is 0 Å². The molecule has 2 aromatic rings. The Hall–Kier alpha value is -2.33. The standard InChI is InChI=1S/C19H21ClN2O2/c1-14-5-3-6-16(11-14)13-22(15(2)23)10-9-19(24)21-18-8-4-7-17(20)12-18/h3-8,11-12H,9-10,13H2,1-2H3,(H,21,24). The number of nitrogens with zero attached hydrogens (tertiary/aromatic N) is 1. The van der Waals surface area contributed by atoms with Gasteiger partial charge in [0.2, 0.25) is 11.8 Å². The molecule has 0 saturated carbocycles. The lowest BCUT2D eigenvalue weighted by Gasteiger charge is -2.21. The molecule has 0 heterocycles. The van der Waals surface area contributed by atoms with Crippen LogP contribution in [0, 0.1) is 6.92 Å². The van der Waals surface area contributed by atoms with Gasteiger partial charge in [0.05, 0.1) is 0 Å². The maximum atomic E-state index is 12.1. The summed E-state index contributed by atoms with van der Waals surface area (Å²) in [6.45, 7) is 4.40. The van der Waals surface area contributed by atoms with Crippen LogP contribution in [0.3, 0.4) is 0 Å².